The molecule has 2 nitrogen and oxygen atoms in total. The van der Waals surface area contributed by atoms with E-state index >= 15 is 0 Å². The smallest absolute Gasteiger partial charge is 0.130 e. The van der Waals surface area contributed by atoms with Gasteiger partial charge in [-0.2, -0.15) is 0 Å². The number of hydrogen-bond donors (Lipinski definition) is 1. The number of aliphatic hydroxyl groups is 1. The van der Waals surface area contributed by atoms with Crippen LogP contribution in [0.4, 0.5) is 0 Å². The van der Waals surface area contributed by atoms with Crippen molar-refractivity contribution in [2.75, 3.05) is 12.4 Å². The van der Waals surface area contributed by atoms with Crippen molar-refractivity contribution in [3.05, 3.63) is 42.0 Å². The molecule has 0 amide bonds. The molecule has 0 aliphatic rings. The minimum atomic E-state index is -0.382. The zero-order valence-electron chi connectivity index (χ0n) is 12.3. The van der Waals surface area contributed by atoms with Gasteiger partial charge in [0.25, 0.3) is 0 Å². The van der Waals surface area contributed by atoms with Crippen LogP contribution in [0.5, 0.6) is 0 Å². The number of hydrogen-bond acceptors (Lipinski definition) is 3. The van der Waals surface area contributed by atoms with E-state index in [0.717, 1.165) is 35.3 Å². The number of carbonyl (C=O) groups is 1. The second-order valence-electron chi connectivity index (χ2n) is 4.89. The summed E-state index contributed by atoms with van der Waals surface area (Å²) in [6.45, 7) is 4.28. The fourth-order valence-electron chi connectivity index (χ4n) is 1.96. The van der Waals surface area contributed by atoms with Crippen LogP contribution < -0.4 is 0 Å². The highest BCUT2D eigenvalue weighted by Crippen LogP contribution is 2.32. The van der Waals surface area contributed by atoms with E-state index in [1.807, 2.05) is 24.3 Å². The van der Waals surface area contributed by atoms with Gasteiger partial charge in [-0.1, -0.05) is 44.2 Å². The van der Waals surface area contributed by atoms with Crippen molar-refractivity contribution >= 4 is 18.0 Å². The van der Waals surface area contributed by atoms with Gasteiger partial charge in [0.1, 0.15) is 6.29 Å². The molecule has 1 unspecified atom stereocenters. The van der Waals surface area contributed by atoms with Gasteiger partial charge in [0.2, 0.25) is 0 Å². The third-order valence-corrected chi connectivity index (χ3v) is 4.82. The van der Waals surface area contributed by atoms with E-state index in [0.29, 0.717) is 6.42 Å². The largest absolute Gasteiger partial charge is 0.396 e. The van der Waals surface area contributed by atoms with Crippen molar-refractivity contribution in [3.63, 3.8) is 0 Å². The molecule has 3 heteroatoms. The lowest BCUT2D eigenvalue weighted by atomic mass is 9.88. The van der Waals surface area contributed by atoms with Gasteiger partial charge in [-0.3, -0.25) is 0 Å². The molecule has 0 radical (unpaired) electrons. The molecular formula is C17H24O2S. The first kappa shape index (κ1) is 17.0. The van der Waals surface area contributed by atoms with E-state index in [1.165, 1.54) is 0 Å². The standard InChI is InChI=1S/C17H24O2S/c1-3-5-11-17(4-2,13-19)14-20-16-9-7-6-8-15(16)10-12-18/h5-9,11,13,18H,3-4,10,12,14H2,1-2H3. The fourth-order valence-corrected chi connectivity index (χ4v) is 3.28. The number of carbonyl (C=O) groups excluding carboxylic acids is 1. The molecule has 0 aliphatic carbocycles. The molecule has 0 spiro atoms. The lowest BCUT2D eigenvalue weighted by Gasteiger charge is -2.22. The first-order chi connectivity index (χ1) is 9.71. The van der Waals surface area contributed by atoms with Gasteiger partial charge in [-0.05, 0) is 30.9 Å². The Labute approximate surface area is 126 Å². The molecule has 1 rings (SSSR count). The van der Waals surface area contributed by atoms with Crippen LogP contribution in [0, 0.1) is 5.41 Å². The van der Waals surface area contributed by atoms with Gasteiger partial charge in [0.15, 0.2) is 0 Å². The predicted octanol–water partition coefficient (Wildman–Crippen LogP) is 3.88. The van der Waals surface area contributed by atoms with Crippen molar-refractivity contribution in [2.24, 2.45) is 5.41 Å². The summed E-state index contributed by atoms with van der Waals surface area (Å²) >= 11 is 1.70. The summed E-state index contributed by atoms with van der Waals surface area (Å²) in [6, 6.07) is 8.08. The SMILES string of the molecule is CCC=CC(C=O)(CC)CSc1ccccc1CCO. The van der Waals surface area contributed by atoms with Crippen LogP contribution in [-0.4, -0.2) is 23.8 Å². The maximum atomic E-state index is 11.5. The second kappa shape index (κ2) is 8.98. The van der Waals surface area contributed by atoms with E-state index in [9.17, 15) is 4.79 Å². The molecule has 110 valence electrons. The topological polar surface area (TPSA) is 37.3 Å². The summed E-state index contributed by atoms with van der Waals surface area (Å²) < 4.78 is 0. The zero-order chi connectivity index (χ0) is 14.8. The van der Waals surface area contributed by atoms with Gasteiger partial charge in [-0.25, -0.2) is 0 Å². The lowest BCUT2D eigenvalue weighted by molar-refractivity contribution is -0.113. The quantitative estimate of drug-likeness (QED) is 0.426. The molecule has 0 aliphatic heterocycles. The highest BCUT2D eigenvalue weighted by molar-refractivity contribution is 7.99. The summed E-state index contributed by atoms with van der Waals surface area (Å²) in [6.07, 6.45) is 7.60. The molecule has 20 heavy (non-hydrogen) atoms. The van der Waals surface area contributed by atoms with E-state index in [1.54, 1.807) is 11.8 Å². The van der Waals surface area contributed by atoms with Gasteiger partial charge in [-0.15, -0.1) is 11.8 Å². The Bertz CT molecular complexity index is 442. The summed E-state index contributed by atoms with van der Waals surface area (Å²) in [5.41, 5.74) is 0.767. The Balaban J connectivity index is 2.82. The van der Waals surface area contributed by atoms with E-state index in [2.05, 4.69) is 26.0 Å². The predicted molar refractivity (Wildman–Crippen MR) is 86.2 cm³/mol. The molecule has 0 aromatic heterocycles. The Morgan fingerprint density at radius 3 is 2.65 bits per heavy atom. The first-order valence-electron chi connectivity index (χ1n) is 7.17. The molecule has 1 N–H and O–H groups in total. The summed E-state index contributed by atoms with van der Waals surface area (Å²) in [7, 11) is 0. The van der Waals surface area contributed by atoms with Crippen LogP contribution in [0.3, 0.4) is 0 Å². The maximum Gasteiger partial charge on any atom is 0.130 e. The highest BCUT2D eigenvalue weighted by Gasteiger charge is 2.24. The monoisotopic (exact) mass is 292 g/mol. The van der Waals surface area contributed by atoms with Crippen LogP contribution in [-0.2, 0) is 11.2 Å². The molecule has 0 bridgehead atoms. The van der Waals surface area contributed by atoms with Gasteiger partial charge in [0.05, 0.1) is 5.41 Å². The van der Waals surface area contributed by atoms with Gasteiger partial charge >= 0.3 is 0 Å². The Morgan fingerprint density at radius 1 is 1.30 bits per heavy atom. The minimum Gasteiger partial charge on any atom is -0.396 e. The number of benzene rings is 1. The van der Waals surface area contributed by atoms with Crippen molar-refractivity contribution in [1.29, 1.82) is 0 Å². The Hall–Kier alpha value is -1.06. The molecule has 1 aromatic carbocycles. The lowest BCUT2D eigenvalue weighted by Crippen LogP contribution is -2.22. The third kappa shape index (κ3) is 4.80. The Kier molecular flexibility index (Phi) is 7.63. The van der Waals surface area contributed by atoms with Crippen LogP contribution in [0.2, 0.25) is 0 Å². The number of aliphatic hydroxyl groups excluding tert-OH is 1. The number of thioether (sulfide) groups is 1. The molecule has 0 saturated carbocycles. The number of aldehydes is 1. The van der Waals surface area contributed by atoms with Crippen LogP contribution in [0.1, 0.15) is 32.3 Å². The van der Waals surface area contributed by atoms with Crippen molar-refractivity contribution in [2.45, 2.75) is 38.0 Å². The normalized spacial score (nSPS) is 14.3. The Morgan fingerprint density at radius 2 is 2.05 bits per heavy atom. The van der Waals surface area contributed by atoms with Gasteiger partial charge in [0, 0.05) is 17.3 Å². The summed E-state index contributed by atoms with van der Waals surface area (Å²) in [4.78, 5) is 12.6. The molecular weight excluding hydrogens is 268 g/mol. The minimum absolute atomic E-state index is 0.153. The molecule has 0 heterocycles. The second-order valence-corrected chi connectivity index (χ2v) is 5.90. The summed E-state index contributed by atoms with van der Waals surface area (Å²) in [5.74, 6) is 0.742. The molecule has 0 fully saturated rings. The van der Waals surface area contributed by atoms with E-state index in [-0.39, 0.29) is 12.0 Å². The van der Waals surface area contributed by atoms with Crippen molar-refractivity contribution < 1.29 is 9.90 Å². The van der Waals surface area contributed by atoms with E-state index in [4.69, 9.17) is 5.11 Å². The summed E-state index contributed by atoms with van der Waals surface area (Å²) in [5, 5.41) is 9.10. The molecule has 1 atom stereocenters. The molecule has 0 saturated heterocycles. The maximum absolute atomic E-state index is 11.5. The highest BCUT2D eigenvalue weighted by atomic mass is 32.2. The first-order valence-corrected chi connectivity index (χ1v) is 8.15. The number of allylic oxidation sites excluding steroid dienone is 2. The zero-order valence-corrected chi connectivity index (χ0v) is 13.2. The fraction of sp³-hybridized carbons (Fsp3) is 0.471. The molecule has 1 aromatic rings. The third-order valence-electron chi connectivity index (χ3n) is 3.43. The average Bonchev–Trinajstić information content (AvgIpc) is 2.50. The van der Waals surface area contributed by atoms with Crippen LogP contribution >= 0.6 is 11.8 Å². The van der Waals surface area contributed by atoms with Crippen LogP contribution in [0.15, 0.2) is 41.3 Å². The van der Waals surface area contributed by atoms with Gasteiger partial charge < -0.3 is 9.90 Å². The van der Waals surface area contributed by atoms with E-state index < -0.39 is 0 Å². The number of rotatable bonds is 9. The van der Waals surface area contributed by atoms with Crippen LogP contribution in [0.25, 0.3) is 0 Å². The average molecular weight is 292 g/mol. The van der Waals surface area contributed by atoms with Crippen molar-refractivity contribution in [1.82, 2.24) is 0 Å². The van der Waals surface area contributed by atoms with Crippen molar-refractivity contribution in [3.8, 4) is 0 Å².